The molecule has 54 heavy (non-hydrogen) atoms. The SMILES string of the molecule is O=S(=O)([O-])c1ccccc1N=C1C=CC(=C(c2ccc(Nc3ccccc3S(=O)(=O)[O-])cc2)c2ccc(Nc3ccccc3S(=O)(=O)O)cc2)C=C1.[Na+].[Na+]. The van der Waals surface area contributed by atoms with E-state index in [0.717, 1.165) is 22.3 Å². The van der Waals surface area contributed by atoms with E-state index >= 15 is 0 Å². The molecule has 0 amide bonds. The number of hydrogen-bond acceptors (Lipinski definition) is 11. The average molecular weight is 800 g/mol. The molecule has 0 bridgehead atoms. The zero-order valence-corrected chi connectivity index (χ0v) is 35.2. The van der Waals surface area contributed by atoms with E-state index in [1.807, 2.05) is 12.1 Å². The zero-order valence-electron chi connectivity index (χ0n) is 28.7. The Morgan fingerprint density at radius 3 is 1.39 bits per heavy atom. The topological polar surface area (TPSA) is 205 Å². The van der Waals surface area contributed by atoms with Gasteiger partial charge in [-0.15, -0.1) is 0 Å². The van der Waals surface area contributed by atoms with E-state index in [0.29, 0.717) is 17.1 Å². The summed E-state index contributed by atoms with van der Waals surface area (Å²) < 4.78 is 104. The van der Waals surface area contributed by atoms with E-state index in [-0.39, 0.29) is 86.0 Å². The minimum absolute atomic E-state index is 0. The van der Waals surface area contributed by atoms with Crippen LogP contribution in [0.2, 0.25) is 0 Å². The molecule has 1 aliphatic carbocycles. The van der Waals surface area contributed by atoms with Crippen LogP contribution in [-0.4, -0.2) is 44.6 Å². The van der Waals surface area contributed by atoms with Gasteiger partial charge in [-0.3, -0.25) is 4.55 Å². The number of nitrogens with zero attached hydrogens (tertiary/aromatic N) is 1. The fourth-order valence-electron chi connectivity index (χ4n) is 5.44. The standard InChI is InChI=1S/C37H29N3O9S3.2Na/c41-50(42,43)34-10-4-1-7-31(34)38-28-19-13-25(14-20-28)37(26-15-21-29(22-16-26)39-32-8-2-5-11-35(32)51(44,45)46)27-17-23-30(24-18-27)40-33-9-3-6-12-36(33)52(47,48)49;;/h1-24,38-39H,(H,41,42,43)(H,44,45,46)(H,47,48,49);;/q;2*+1/p-2. The molecule has 0 spiro atoms. The molecule has 0 aliphatic heterocycles. The van der Waals surface area contributed by atoms with Crippen molar-refractivity contribution >= 4 is 70.1 Å². The van der Waals surface area contributed by atoms with Crippen molar-refractivity contribution < 1.29 is 98.0 Å². The Bertz CT molecular complexity index is 2500. The van der Waals surface area contributed by atoms with Crippen LogP contribution in [0, 0.1) is 0 Å². The normalized spacial score (nSPS) is 12.6. The van der Waals surface area contributed by atoms with Crippen molar-refractivity contribution in [1.82, 2.24) is 0 Å². The molecule has 6 rings (SSSR count). The van der Waals surface area contributed by atoms with Crippen LogP contribution in [0.15, 0.2) is 171 Å². The van der Waals surface area contributed by atoms with E-state index in [9.17, 15) is 38.9 Å². The first-order valence-electron chi connectivity index (χ1n) is 15.3. The summed E-state index contributed by atoms with van der Waals surface area (Å²) in [4.78, 5) is 3.26. The van der Waals surface area contributed by atoms with Crippen molar-refractivity contribution in [2.75, 3.05) is 10.6 Å². The van der Waals surface area contributed by atoms with Gasteiger partial charge >= 0.3 is 59.1 Å². The average Bonchev–Trinajstić information content (AvgIpc) is 3.10. The summed E-state index contributed by atoms with van der Waals surface area (Å²) in [5, 5.41) is 6.00. The summed E-state index contributed by atoms with van der Waals surface area (Å²) in [6.45, 7) is 0. The van der Waals surface area contributed by atoms with Gasteiger partial charge in [-0.1, -0.05) is 72.8 Å². The molecule has 0 heterocycles. The molecule has 1 aliphatic rings. The van der Waals surface area contributed by atoms with Crippen molar-refractivity contribution in [3.63, 3.8) is 0 Å². The van der Waals surface area contributed by atoms with Crippen LogP contribution in [0.3, 0.4) is 0 Å². The molecular weight excluding hydrogens is 773 g/mol. The number of hydrogen-bond donors (Lipinski definition) is 3. The fourth-order valence-corrected chi connectivity index (χ4v) is 7.33. The molecule has 264 valence electrons. The zero-order chi connectivity index (χ0) is 37.1. The van der Waals surface area contributed by atoms with Gasteiger partial charge in [0.05, 0.1) is 32.6 Å². The number of para-hydroxylation sites is 3. The third kappa shape index (κ3) is 10.5. The van der Waals surface area contributed by atoms with Gasteiger partial charge in [-0.2, -0.15) is 8.42 Å². The van der Waals surface area contributed by atoms with Crippen LogP contribution < -0.4 is 69.7 Å². The molecule has 0 radical (unpaired) electrons. The van der Waals surface area contributed by atoms with Crippen LogP contribution >= 0.6 is 0 Å². The minimum atomic E-state index is -4.76. The van der Waals surface area contributed by atoms with Crippen molar-refractivity contribution in [1.29, 1.82) is 0 Å². The smallest absolute Gasteiger partial charge is 0.744 e. The van der Waals surface area contributed by atoms with Gasteiger partial charge in [0, 0.05) is 11.4 Å². The van der Waals surface area contributed by atoms with Crippen molar-refractivity contribution in [3.05, 3.63) is 162 Å². The number of benzene rings is 5. The van der Waals surface area contributed by atoms with E-state index in [2.05, 4.69) is 15.6 Å². The third-order valence-electron chi connectivity index (χ3n) is 7.77. The summed E-state index contributed by atoms with van der Waals surface area (Å²) >= 11 is 0. The second-order valence-electron chi connectivity index (χ2n) is 11.3. The first-order valence-corrected chi connectivity index (χ1v) is 19.5. The third-order valence-corrected chi connectivity index (χ3v) is 10.5. The maximum absolute atomic E-state index is 11.9. The molecule has 17 heteroatoms. The Balaban J connectivity index is 0.00000325. The van der Waals surface area contributed by atoms with Crippen molar-refractivity contribution in [3.8, 4) is 0 Å². The van der Waals surface area contributed by atoms with Crippen LogP contribution in [0.25, 0.3) is 5.57 Å². The second-order valence-corrected chi connectivity index (χ2v) is 15.4. The van der Waals surface area contributed by atoms with Gasteiger partial charge in [0.1, 0.15) is 25.1 Å². The summed E-state index contributed by atoms with van der Waals surface area (Å²) in [5.41, 5.74) is 4.69. The largest absolute Gasteiger partial charge is 1.00 e. The molecule has 12 nitrogen and oxygen atoms in total. The van der Waals surface area contributed by atoms with Gasteiger partial charge in [0.25, 0.3) is 10.1 Å². The predicted molar refractivity (Wildman–Crippen MR) is 196 cm³/mol. The molecule has 0 unspecified atom stereocenters. The van der Waals surface area contributed by atoms with E-state index < -0.39 is 35.2 Å². The quantitative estimate of drug-likeness (QED) is 0.134. The van der Waals surface area contributed by atoms with Crippen LogP contribution in [-0.2, 0) is 30.4 Å². The Kier molecular flexibility index (Phi) is 14.2. The first kappa shape index (κ1) is 43.1. The summed E-state index contributed by atoms with van der Waals surface area (Å²) in [5.74, 6) is 0. The second kappa shape index (κ2) is 17.8. The predicted octanol–water partition coefficient (Wildman–Crippen LogP) is 0.937. The van der Waals surface area contributed by atoms with E-state index in [1.165, 1.54) is 54.6 Å². The maximum Gasteiger partial charge on any atom is 1.00 e. The van der Waals surface area contributed by atoms with Crippen molar-refractivity contribution in [2.45, 2.75) is 14.7 Å². The molecule has 3 N–H and O–H groups in total. The Morgan fingerprint density at radius 2 is 0.926 bits per heavy atom. The molecule has 0 aromatic heterocycles. The Morgan fingerprint density at radius 1 is 0.519 bits per heavy atom. The van der Waals surface area contributed by atoms with E-state index in [4.69, 9.17) is 0 Å². The molecule has 0 saturated carbocycles. The van der Waals surface area contributed by atoms with Crippen LogP contribution in [0.5, 0.6) is 0 Å². The van der Waals surface area contributed by atoms with Gasteiger partial charge in [-0.25, -0.2) is 21.8 Å². The summed E-state index contributed by atoms with van der Waals surface area (Å²) in [7, 11) is -14.0. The van der Waals surface area contributed by atoms with Crippen molar-refractivity contribution in [2.24, 2.45) is 4.99 Å². The Hall–Kier alpha value is -3.68. The Labute approximate surface area is 357 Å². The molecule has 0 saturated heterocycles. The molecular formula is C37H27N3Na2O9S3. The number of allylic oxidation sites excluding steroid dienone is 5. The van der Waals surface area contributed by atoms with Gasteiger partial charge < -0.3 is 19.7 Å². The number of anilines is 4. The van der Waals surface area contributed by atoms with E-state index in [1.54, 1.807) is 78.9 Å². The summed E-state index contributed by atoms with van der Waals surface area (Å²) in [6.07, 6.45) is 6.89. The number of nitrogens with one attached hydrogen (secondary N) is 2. The molecule has 5 aromatic rings. The maximum atomic E-state index is 11.9. The van der Waals surface area contributed by atoms with Crippen LogP contribution in [0.4, 0.5) is 28.4 Å². The van der Waals surface area contributed by atoms with Gasteiger partial charge in [0.2, 0.25) is 0 Å². The molecule has 0 atom stereocenters. The minimum Gasteiger partial charge on any atom is -0.744 e. The summed E-state index contributed by atoms with van der Waals surface area (Å²) in [6, 6.07) is 31.4. The molecule has 5 aromatic carbocycles. The van der Waals surface area contributed by atoms with Gasteiger partial charge in [-0.05, 0) is 95.1 Å². The first-order chi connectivity index (χ1) is 24.7. The fraction of sp³-hybridized carbons (Fsp3) is 0. The number of aliphatic imine (C=N–C) groups is 1. The van der Waals surface area contributed by atoms with Gasteiger partial charge in [0.15, 0.2) is 0 Å². The van der Waals surface area contributed by atoms with Crippen LogP contribution in [0.1, 0.15) is 11.1 Å². The number of rotatable bonds is 10. The monoisotopic (exact) mass is 799 g/mol. The molecule has 0 fully saturated rings.